The van der Waals surface area contributed by atoms with Crippen LogP contribution in [0.4, 0.5) is 0 Å². The van der Waals surface area contributed by atoms with Gasteiger partial charge in [0.15, 0.2) is 0 Å². The molecule has 24 heavy (non-hydrogen) atoms. The minimum atomic E-state index is -2.58. The molecule has 1 rings (SSSR count). The number of rotatable bonds is 14. The Morgan fingerprint density at radius 1 is 0.833 bits per heavy atom. The molecule has 0 radical (unpaired) electrons. The lowest BCUT2D eigenvalue weighted by molar-refractivity contribution is -0.151. The molecule has 0 aromatic rings. The molecule has 3 nitrogen and oxygen atoms in total. The summed E-state index contributed by atoms with van der Waals surface area (Å²) >= 11 is 0. The van der Waals surface area contributed by atoms with Gasteiger partial charge in [-0.2, -0.15) is 0 Å². The van der Waals surface area contributed by atoms with Crippen LogP contribution in [0.2, 0.25) is 0 Å². The van der Waals surface area contributed by atoms with Gasteiger partial charge in [-0.3, -0.25) is 0 Å². The molecule has 1 heterocycles. The van der Waals surface area contributed by atoms with Gasteiger partial charge in [0.1, 0.15) is 0 Å². The lowest BCUT2D eigenvalue weighted by Gasteiger charge is -2.00. The highest BCUT2D eigenvalue weighted by Gasteiger charge is 2.28. The maximum absolute atomic E-state index is 11.6. The van der Waals surface area contributed by atoms with Gasteiger partial charge in [0, 0.05) is 15.3 Å². The van der Waals surface area contributed by atoms with Crippen LogP contribution in [0.1, 0.15) is 101 Å². The van der Waals surface area contributed by atoms with E-state index < -0.39 is 24.4 Å². The third-order valence-corrected chi connectivity index (χ3v) is 4.38. The number of esters is 2. The van der Waals surface area contributed by atoms with Gasteiger partial charge in [0.2, 0.25) is 0 Å². The third-order valence-electron chi connectivity index (χ3n) is 4.38. The first-order valence-electron chi connectivity index (χ1n) is 11.0. The third kappa shape index (κ3) is 8.47. The van der Waals surface area contributed by atoms with Gasteiger partial charge in [-0.25, -0.2) is 9.59 Å². The summed E-state index contributed by atoms with van der Waals surface area (Å²) in [7, 11) is 0. The largest absolute Gasteiger partial charge is 0.386 e. The van der Waals surface area contributed by atoms with Crippen molar-refractivity contribution in [1.82, 2.24) is 0 Å². The van der Waals surface area contributed by atoms with Crippen LogP contribution in [0.25, 0.3) is 0 Å². The molecule has 1 aliphatic heterocycles. The fraction of sp³-hybridized carbons (Fsp3) is 0.714. The number of unbranched alkanes of at least 4 members (excludes halogenated alkanes) is 10. The SMILES string of the molecule is [2H]C([2H])([2H])C1=C(CCCCCC/C=C\CCCCCCCC)C(=O)OC1=O. The number of carbonyl (C=O) groups is 2. The highest BCUT2D eigenvalue weighted by molar-refractivity contribution is 6.11. The quantitative estimate of drug-likeness (QED) is 0.168. The molecule has 0 spiro atoms. The zero-order valence-corrected chi connectivity index (χ0v) is 15.1. The molecular weight excluding hydrogens is 300 g/mol. The van der Waals surface area contributed by atoms with Gasteiger partial charge in [-0.1, -0.05) is 64.0 Å². The first-order valence-corrected chi connectivity index (χ1v) is 9.53. The Labute approximate surface area is 151 Å². The van der Waals surface area contributed by atoms with E-state index in [0.29, 0.717) is 12.8 Å². The average molecular weight is 338 g/mol. The Hall–Kier alpha value is -1.38. The molecule has 0 unspecified atom stereocenters. The predicted molar refractivity (Wildman–Crippen MR) is 98.6 cm³/mol. The van der Waals surface area contributed by atoms with Gasteiger partial charge in [0.25, 0.3) is 0 Å². The van der Waals surface area contributed by atoms with Crippen LogP contribution in [0.15, 0.2) is 23.3 Å². The Kier molecular flexibility index (Phi) is 8.71. The van der Waals surface area contributed by atoms with Crippen molar-refractivity contribution < 1.29 is 18.4 Å². The van der Waals surface area contributed by atoms with Crippen LogP contribution in [-0.4, -0.2) is 11.9 Å². The summed E-state index contributed by atoms with van der Waals surface area (Å²) in [6.07, 6.45) is 18.7. The van der Waals surface area contributed by atoms with E-state index in [2.05, 4.69) is 23.8 Å². The first-order chi connectivity index (χ1) is 12.9. The van der Waals surface area contributed by atoms with Crippen LogP contribution < -0.4 is 0 Å². The second kappa shape index (κ2) is 13.0. The zero-order chi connectivity index (χ0) is 20.1. The molecule has 0 saturated carbocycles. The smallest absolute Gasteiger partial charge is 0.342 e. The van der Waals surface area contributed by atoms with Crippen LogP contribution in [-0.2, 0) is 14.3 Å². The summed E-state index contributed by atoms with van der Waals surface area (Å²) in [5.41, 5.74) is -0.385. The number of ether oxygens (including phenoxy) is 1. The van der Waals surface area contributed by atoms with Gasteiger partial charge in [-0.05, 0) is 45.4 Å². The molecule has 0 atom stereocenters. The Bertz CT molecular complexity index is 533. The molecule has 0 saturated heterocycles. The summed E-state index contributed by atoms with van der Waals surface area (Å²) in [5, 5.41) is 0. The topological polar surface area (TPSA) is 43.4 Å². The second-order valence-corrected chi connectivity index (χ2v) is 6.51. The summed E-state index contributed by atoms with van der Waals surface area (Å²) < 4.78 is 26.6. The number of carbonyl (C=O) groups excluding carboxylic acids is 2. The van der Waals surface area contributed by atoms with E-state index in [9.17, 15) is 9.59 Å². The van der Waals surface area contributed by atoms with Crippen molar-refractivity contribution in [3.63, 3.8) is 0 Å². The summed E-state index contributed by atoms with van der Waals surface area (Å²) in [5.74, 6) is -1.80. The number of hydrogen-bond acceptors (Lipinski definition) is 3. The zero-order valence-electron chi connectivity index (χ0n) is 18.1. The highest BCUT2D eigenvalue weighted by Crippen LogP contribution is 2.22. The van der Waals surface area contributed by atoms with Crippen molar-refractivity contribution in [3.8, 4) is 0 Å². The molecule has 0 bridgehead atoms. The molecule has 0 aromatic heterocycles. The number of allylic oxidation sites excluding steroid dienone is 2. The van der Waals surface area contributed by atoms with E-state index in [1.807, 2.05) is 0 Å². The summed E-state index contributed by atoms with van der Waals surface area (Å²) in [6, 6.07) is 0. The number of cyclic esters (lactones) is 2. The van der Waals surface area contributed by atoms with E-state index in [-0.39, 0.29) is 5.57 Å². The molecule has 3 heteroatoms. The van der Waals surface area contributed by atoms with E-state index in [4.69, 9.17) is 4.11 Å². The first kappa shape index (κ1) is 16.1. The molecule has 0 amide bonds. The number of hydrogen-bond donors (Lipinski definition) is 0. The van der Waals surface area contributed by atoms with Crippen LogP contribution in [0.5, 0.6) is 0 Å². The van der Waals surface area contributed by atoms with Crippen molar-refractivity contribution in [2.75, 3.05) is 0 Å². The molecule has 0 aliphatic carbocycles. The maximum Gasteiger partial charge on any atom is 0.342 e. The monoisotopic (exact) mass is 337 g/mol. The van der Waals surface area contributed by atoms with Crippen LogP contribution in [0, 0.1) is 0 Å². The second-order valence-electron chi connectivity index (χ2n) is 6.51. The van der Waals surface area contributed by atoms with E-state index in [0.717, 1.165) is 32.1 Å². The minimum absolute atomic E-state index is 0.0406. The molecule has 1 aliphatic rings. The van der Waals surface area contributed by atoms with Crippen LogP contribution >= 0.6 is 0 Å². The fourth-order valence-corrected chi connectivity index (χ4v) is 2.84. The minimum Gasteiger partial charge on any atom is -0.386 e. The average Bonchev–Trinajstić information content (AvgIpc) is 2.88. The lowest BCUT2D eigenvalue weighted by Crippen LogP contribution is -2.01. The Morgan fingerprint density at radius 2 is 1.42 bits per heavy atom. The molecule has 0 aromatic carbocycles. The molecule has 0 N–H and O–H groups in total. The Morgan fingerprint density at radius 3 is 2.04 bits per heavy atom. The van der Waals surface area contributed by atoms with E-state index in [1.165, 1.54) is 38.5 Å². The van der Waals surface area contributed by atoms with Crippen molar-refractivity contribution in [1.29, 1.82) is 0 Å². The molecule has 136 valence electrons. The fourth-order valence-electron chi connectivity index (χ4n) is 2.84. The van der Waals surface area contributed by atoms with E-state index >= 15 is 0 Å². The van der Waals surface area contributed by atoms with Gasteiger partial charge in [0.05, 0.1) is 0 Å². The normalized spacial score (nSPS) is 17.3. The summed E-state index contributed by atoms with van der Waals surface area (Å²) in [6.45, 7) is -0.350. The van der Waals surface area contributed by atoms with Crippen molar-refractivity contribution in [2.24, 2.45) is 0 Å². The summed E-state index contributed by atoms with van der Waals surface area (Å²) in [4.78, 5) is 23.2. The van der Waals surface area contributed by atoms with Crippen molar-refractivity contribution >= 4 is 11.9 Å². The van der Waals surface area contributed by atoms with Gasteiger partial charge in [-0.15, -0.1) is 0 Å². The van der Waals surface area contributed by atoms with Gasteiger partial charge >= 0.3 is 11.9 Å². The van der Waals surface area contributed by atoms with Gasteiger partial charge < -0.3 is 4.74 Å². The van der Waals surface area contributed by atoms with Crippen molar-refractivity contribution in [2.45, 2.75) is 97.2 Å². The molecular formula is C21H34O3. The maximum atomic E-state index is 11.6. The standard InChI is InChI=1S/C21H34O3/c1-3-4-5-6-7-8-9-10-11-12-13-14-15-16-17-19-18(2)20(22)24-21(19)23/h10-11H,3-9,12-17H2,1-2H3/b11-10-/i2D3. The highest BCUT2D eigenvalue weighted by atomic mass is 16.6. The van der Waals surface area contributed by atoms with E-state index in [1.54, 1.807) is 0 Å². The molecule has 0 fully saturated rings. The van der Waals surface area contributed by atoms with Crippen LogP contribution in [0.3, 0.4) is 0 Å². The predicted octanol–water partition coefficient (Wildman–Crippen LogP) is 6.03. The Balaban J connectivity index is 2.10. The lowest BCUT2D eigenvalue weighted by atomic mass is 10.0. The van der Waals surface area contributed by atoms with Crippen molar-refractivity contribution in [3.05, 3.63) is 23.3 Å².